The Morgan fingerprint density at radius 1 is 1.15 bits per heavy atom. The second kappa shape index (κ2) is 7.85. The minimum absolute atomic E-state index is 0.0429. The minimum atomic E-state index is -0.695. The summed E-state index contributed by atoms with van der Waals surface area (Å²) in [5.74, 6) is -0.352. The standard InChI is InChI=1S/C26H25FN2O4/c1-26(2)20(14-22(33-26)23-19-8-7-17(27)13-21(19)28-24(23)31)15-3-5-16(6-4-15)25(32)29-11-9-18(30)10-12-29/h3-8,13-14,18,30H,9-12H2,1-2H3,(H,28,31)/b23-22+. The Balaban J connectivity index is 1.45. The number of nitrogens with one attached hydrogen (secondary N) is 1. The van der Waals surface area contributed by atoms with Crippen LogP contribution in [0.15, 0.2) is 54.3 Å². The van der Waals surface area contributed by atoms with Crippen LogP contribution in [0.25, 0.3) is 11.1 Å². The first-order chi connectivity index (χ1) is 15.7. The average Bonchev–Trinajstić information content (AvgIpc) is 3.27. The van der Waals surface area contributed by atoms with Gasteiger partial charge in [-0.15, -0.1) is 0 Å². The predicted molar refractivity (Wildman–Crippen MR) is 123 cm³/mol. The highest BCUT2D eigenvalue weighted by molar-refractivity contribution is 6.32. The predicted octanol–water partition coefficient (Wildman–Crippen LogP) is 3.98. The van der Waals surface area contributed by atoms with E-state index in [-0.39, 0.29) is 17.9 Å². The van der Waals surface area contributed by atoms with Crippen molar-refractivity contribution < 1.29 is 23.8 Å². The number of carbonyl (C=O) groups excluding carboxylic acids is 2. The van der Waals surface area contributed by atoms with Crippen LogP contribution in [-0.4, -0.2) is 46.6 Å². The molecule has 0 spiro atoms. The Morgan fingerprint density at radius 2 is 1.85 bits per heavy atom. The molecule has 1 fully saturated rings. The number of rotatable bonds is 2. The number of carbonyl (C=O) groups is 2. The fraction of sp³-hybridized carbons (Fsp3) is 0.308. The van der Waals surface area contributed by atoms with Crippen molar-refractivity contribution in [3.05, 3.63) is 76.8 Å². The van der Waals surface area contributed by atoms with Crippen molar-refractivity contribution in [3.8, 4) is 0 Å². The van der Waals surface area contributed by atoms with Crippen molar-refractivity contribution in [2.24, 2.45) is 0 Å². The topological polar surface area (TPSA) is 78.9 Å². The second-order valence-corrected chi connectivity index (χ2v) is 9.15. The van der Waals surface area contributed by atoms with Gasteiger partial charge < -0.3 is 20.1 Å². The zero-order chi connectivity index (χ0) is 23.3. The zero-order valence-corrected chi connectivity index (χ0v) is 18.5. The summed E-state index contributed by atoms with van der Waals surface area (Å²) >= 11 is 0. The molecule has 3 heterocycles. The number of aliphatic hydroxyl groups excluding tert-OH is 1. The quantitative estimate of drug-likeness (QED) is 0.682. The lowest BCUT2D eigenvalue weighted by atomic mass is 9.91. The fourth-order valence-electron chi connectivity index (χ4n) is 4.65. The first-order valence-electron chi connectivity index (χ1n) is 11.1. The van der Waals surface area contributed by atoms with Gasteiger partial charge in [0.1, 0.15) is 17.2 Å². The SMILES string of the molecule is CC1(C)O/C(=C2/C(=O)Nc3cc(F)ccc32)C=C1c1ccc(C(=O)N2CCC(O)CC2)cc1. The van der Waals surface area contributed by atoms with Gasteiger partial charge in [0.05, 0.1) is 17.4 Å². The summed E-state index contributed by atoms with van der Waals surface area (Å²) in [6.45, 7) is 4.95. The van der Waals surface area contributed by atoms with Gasteiger partial charge in [-0.1, -0.05) is 12.1 Å². The maximum atomic E-state index is 13.6. The van der Waals surface area contributed by atoms with E-state index in [0.717, 1.165) is 11.1 Å². The van der Waals surface area contributed by atoms with Crippen molar-refractivity contribution in [2.75, 3.05) is 18.4 Å². The number of piperidine rings is 1. The van der Waals surface area contributed by atoms with Crippen LogP contribution in [0.5, 0.6) is 0 Å². The Morgan fingerprint density at radius 3 is 2.55 bits per heavy atom. The first-order valence-corrected chi connectivity index (χ1v) is 11.1. The molecule has 33 heavy (non-hydrogen) atoms. The van der Waals surface area contributed by atoms with Crippen molar-refractivity contribution >= 4 is 28.6 Å². The number of hydrogen-bond acceptors (Lipinski definition) is 4. The van der Waals surface area contributed by atoms with E-state index in [1.165, 1.54) is 12.1 Å². The van der Waals surface area contributed by atoms with E-state index in [9.17, 15) is 19.1 Å². The lowest BCUT2D eigenvalue weighted by Gasteiger charge is -2.29. The molecule has 0 atom stereocenters. The molecule has 2 aromatic rings. The molecule has 0 saturated carbocycles. The van der Waals surface area contributed by atoms with E-state index >= 15 is 0 Å². The Kier molecular flexibility index (Phi) is 5.09. The van der Waals surface area contributed by atoms with Crippen molar-refractivity contribution in [2.45, 2.75) is 38.4 Å². The zero-order valence-electron chi connectivity index (χ0n) is 18.5. The van der Waals surface area contributed by atoms with E-state index in [1.807, 2.05) is 32.1 Å². The number of nitrogens with zero attached hydrogens (tertiary/aromatic N) is 1. The number of ether oxygens (including phenoxy) is 1. The van der Waals surface area contributed by atoms with Crippen LogP contribution in [0, 0.1) is 5.82 Å². The van der Waals surface area contributed by atoms with Crippen molar-refractivity contribution in [3.63, 3.8) is 0 Å². The molecule has 0 aromatic heterocycles. The van der Waals surface area contributed by atoms with Crippen molar-refractivity contribution in [1.29, 1.82) is 0 Å². The summed E-state index contributed by atoms with van der Waals surface area (Å²) in [5.41, 5.74) is 3.09. The molecule has 0 aliphatic carbocycles. The van der Waals surface area contributed by atoms with Gasteiger partial charge in [-0.05, 0) is 68.7 Å². The number of halogens is 1. The molecule has 2 aromatic carbocycles. The summed E-state index contributed by atoms with van der Waals surface area (Å²) in [4.78, 5) is 27.2. The summed E-state index contributed by atoms with van der Waals surface area (Å²) in [6.07, 6.45) is 2.71. The van der Waals surface area contributed by atoms with Crippen LogP contribution in [0.1, 0.15) is 48.2 Å². The van der Waals surface area contributed by atoms with E-state index < -0.39 is 11.4 Å². The highest BCUT2D eigenvalue weighted by Crippen LogP contribution is 2.44. The smallest absolute Gasteiger partial charge is 0.260 e. The largest absolute Gasteiger partial charge is 0.482 e. The van der Waals surface area contributed by atoms with Gasteiger partial charge in [0, 0.05) is 29.8 Å². The molecule has 2 amide bonds. The number of aliphatic hydroxyl groups is 1. The highest BCUT2D eigenvalue weighted by Gasteiger charge is 2.38. The molecule has 0 unspecified atom stereocenters. The molecule has 170 valence electrons. The summed E-state index contributed by atoms with van der Waals surface area (Å²) < 4.78 is 19.8. The molecule has 3 aliphatic heterocycles. The molecule has 3 aliphatic rings. The Bertz CT molecular complexity index is 1210. The second-order valence-electron chi connectivity index (χ2n) is 9.15. The van der Waals surface area contributed by atoms with Gasteiger partial charge in [-0.25, -0.2) is 4.39 Å². The van der Waals surface area contributed by atoms with Gasteiger partial charge in [0.15, 0.2) is 0 Å². The lowest BCUT2D eigenvalue weighted by molar-refractivity contribution is -0.111. The molecule has 5 rings (SSSR count). The molecule has 0 bridgehead atoms. The number of amides is 2. The van der Waals surface area contributed by atoms with Gasteiger partial charge in [-0.3, -0.25) is 9.59 Å². The molecule has 1 saturated heterocycles. The van der Waals surface area contributed by atoms with E-state index in [1.54, 1.807) is 23.1 Å². The van der Waals surface area contributed by atoms with Crippen LogP contribution >= 0.6 is 0 Å². The van der Waals surface area contributed by atoms with Gasteiger partial charge in [0.25, 0.3) is 11.8 Å². The average molecular weight is 448 g/mol. The Labute approximate surface area is 191 Å². The number of anilines is 1. The number of hydrogen-bond donors (Lipinski definition) is 2. The van der Waals surface area contributed by atoms with E-state index in [4.69, 9.17) is 4.74 Å². The summed E-state index contributed by atoms with van der Waals surface area (Å²) in [5, 5.41) is 12.4. The molecular formula is C26H25FN2O4. The third kappa shape index (κ3) is 3.82. The molecular weight excluding hydrogens is 423 g/mol. The first kappa shape index (κ1) is 21.4. The van der Waals surface area contributed by atoms with Crippen molar-refractivity contribution in [1.82, 2.24) is 4.90 Å². The Hall–Kier alpha value is -3.45. The van der Waals surface area contributed by atoms with Crippen LogP contribution in [0.2, 0.25) is 0 Å². The van der Waals surface area contributed by atoms with Gasteiger partial charge in [-0.2, -0.15) is 0 Å². The monoisotopic (exact) mass is 448 g/mol. The molecule has 7 heteroatoms. The maximum absolute atomic E-state index is 13.6. The van der Waals surface area contributed by atoms with E-state index in [2.05, 4.69) is 5.32 Å². The van der Waals surface area contributed by atoms with Gasteiger partial charge in [0.2, 0.25) is 0 Å². The molecule has 2 N–H and O–H groups in total. The summed E-state index contributed by atoms with van der Waals surface area (Å²) in [7, 11) is 0. The number of fused-ring (bicyclic) bond motifs is 1. The third-order valence-electron chi connectivity index (χ3n) is 6.46. The van der Waals surface area contributed by atoms with Crippen LogP contribution in [-0.2, 0) is 9.53 Å². The third-order valence-corrected chi connectivity index (χ3v) is 6.46. The van der Waals surface area contributed by atoms with E-state index in [0.29, 0.717) is 54.1 Å². The molecule has 0 radical (unpaired) electrons. The van der Waals surface area contributed by atoms with Crippen LogP contribution in [0.4, 0.5) is 10.1 Å². The lowest BCUT2D eigenvalue weighted by Crippen LogP contribution is -2.40. The molecule has 6 nitrogen and oxygen atoms in total. The maximum Gasteiger partial charge on any atom is 0.260 e. The van der Waals surface area contributed by atoms with Crippen LogP contribution in [0.3, 0.4) is 0 Å². The number of allylic oxidation sites excluding steroid dienone is 1. The number of likely N-dealkylation sites (tertiary alicyclic amines) is 1. The highest BCUT2D eigenvalue weighted by atomic mass is 19.1. The summed E-state index contributed by atoms with van der Waals surface area (Å²) in [6, 6.07) is 11.6. The number of benzene rings is 2. The minimum Gasteiger partial charge on any atom is -0.482 e. The van der Waals surface area contributed by atoms with Crippen LogP contribution < -0.4 is 5.32 Å². The van der Waals surface area contributed by atoms with Gasteiger partial charge >= 0.3 is 0 Å². The normalized spacial score (nSPS) is 22.0. The fourth-order valence-corrected chi connectivity index (χ4v) is 4.65.